The van der Waals surface area contributed by atoms with E-state index in [2.05, 4.69) is 0 Å². The Morgan fingerprint density at radius 1 is 1.53 bits per heavy atom. The van der Waals surface area contributed by atoms with Crippen molar-refractivity contribution in [3.05, 3.63) is 11.6 Å². The van der Waals surface area contributed by atoms with Gasteiger partial charge < -0.3 is 9.47 Å². The number of carbonyl (C=O) groups excluding carboxylic acids is 2. The van der Waals surface area contributed by atoms with Crippen LogP contribution in [-0.4, -0.2) is 24.6 Å². The molecule has 1 atom stereocenters. The summed E-state index contributed by atoms with van der Waals surface area (Å²) in [7, 11) is 0. The Morgan fingerprint density at radius 3 is 2.53 bits per heavy atom. The van der Waals surface area contributed by atoms with Crippen molar-refractivity contribution < 1.29 is 19.1 Å². The molecule has 0 aromatic carbocycles. The summed E-state index contributed by atoms with van der Waals surface area (Å²) in [4.78, 5) is 22.4. The molecule has 1 aliphatic rings. The largest absolute Gasteiger partial charge is 0.461 e. The van der Waals surface area contributed by atoms with Crippen LogP contribution in [0.5, 0.6) is 0 Å². The Balaban J connectivity index is 2.40. The molecule has 0 aliphatic carbocycles. The molecule has 4 nitrogen and oxygen atoms in total. The fraction of sp³-hybridized carbons (Fsp3) is 0.636. The number of esters is 2. The predicted octanol–water partition coefficient (Wildman–Crippen LogP) is 1.45. The summed E-state index contributed by atoms with van der Waals surface area (Å²) >= 11 is 0. The van der Waals surface area contributed by atoms with Crippen molar-refractivity contribution in [3.63, 3.8) is 0 Å². The van der Waals surface area contributed by atoms with Gasteiger partial charge in [0.25, 0.3) is 0 Å². The van der Waals surface area contributed by atoms with Gasteiger partial charge in [0, 0.05) is 5.57 Å². The van der Waals surface area contributed by atoms with Crippen molar-refractivity contribution in [1.82, 2.24) is 0 Å². The average molecular weight is 212 g/mol. The molecule has 0 aromatic heterocycles. The zero-order valence-corrected chi connectivity index (χ0v) is 9.49. The molecule has 0 spiro atoms. The first-order valence-corrected chi connectivity index (χ1v) is 4.87. The normalized spacial score (nSPS) is 20.9. The van der Waals surface area contributed by atoms with Crippen molar-refractivity contribution in [2.24, 2.45) is 5.41 Å². The third-order valence-electron chi connectivity index (χ3n) is 2.01. The van der Waals surface area contributed by atoms with Crippen LogP contribution in [0.2, 0.25) is 0 Å². The number of ether oxygens (including phenoxy) is 2. The third-order valence-corrected chi connectivity index (χ3v) is 2.01. The molecule has 0 radical (unpaired) electrons. The van der Waals surface area contributed by atoms with Gasteiger partial charge in [-0.1, -0.05) is 0 Å². The Morgan fingerprint density at radius 2 is 2.13 bits per heavy atom. The summed E-state index contributed by atoms with van der Waals surface area (Å²) in [5.74, 6) is -0.636. The van der Waals surface area contributed by atoms with Crippen LogP contribution in [0.4, 0.5) is 0 Å². The summed E-state index contributed by atoms with van der Waals surface area (Å²) in [6.45, 7) is 7.10. The molecule has 15 heavy (non-hydrogen) atoms. The molecule has 84 valence electrons. The molecule has 0 fully saturated rings. The summed E-state index contributed by atoms with van der Waals surface area (Å²) in [5, 5.41) is 0. The lowest BCUT2D eigenvalue weighted by Crippen LogP contribution is -2.27. The number of hydrogen-bond acceptors (Lipinski definition) is 4. The summed E-state index contributed by atoms with van der Waals surface area (Å²) in [6, 6.07) is 0. The first-order valence-electron chi connectivity index (χ1n) is 4.87. The summed E-state index contributed by atoms with van der Waals surface area (Å²) in [5.41, 5.74) is 0.0354. The van der Waals surface area contributed by atoms with E-state index in [0.29, 0.717) is 5.57 Å². The van der Waals surface area contributed by atoms with Crippen LogP contribution in [0, 0.1) is 5.41 Å². The lowest BCUT2D eigenvalue weighted by molar-refractivity contribution is -0.158. The highest BCUT2D eigenvalue weighted by molar-refractivity contribution is 5.90. The van der Waals surface area contributed by atoms with Gasteiger partial charge in [0.2, 0.25) is 0 Å². The van der Waals surface area contributed by atoms with E-state index >= 15 is 0 Å². The second-order valence-corrected chi connectivity index (χ2v) is 4.64. The van der Waals surface area contributed by atoms with E-state index in [4.69, 9.17) is 9.47 Å². The maximum Gasteiger partial charge on any atom is 0.334 e. The fourth-order valence-electron chi connectivity index (χ4n) is 1.07. The van der Waals surface area contributed by atoms with Crippen molar-refractivity contribution in [3.8, 4) is 0 Å². The first-order chi connectivity index (χ1) is 6.80. The Kier molecular flexibility index (Phi) is 3.17. The topological polar surface area (TPSA) is 52.6 Å². The molecule has 1 rings (SSSR count). The monoisotopic (exact) mass is 212 g/mol. The van der Waals surface area contributed by atoms with Crippen LogP contribution < -0.4 is 0 Å². The van der Waals surface area contributed by atoms with Crippen LogP contribution in [0.3, 0.4) is 0 Å². The van der Waals surface area contributed by atoms with Crippen LogP contribution in [0.15, 0.2) is 11.6 Å². The lowest BCUT2D eigenvalue weighted by Gasteiger charge is -2.17. The average Bonchev–Trinajstić information content (AvgIpc) is 2.41. The second-order valence-electron chi connectivity index (χ2n) is 4.64. The van der Waals surface area contributed by atoms with Gasteiger partial charge in [0.1, 0.15) is 6.61 Å². The quantitative estimate of drug-likeness (QED) is 0.650. The molecule has 0 bridgehead atoms. The summed E-state index contributed by atoms with van der Waals surface area (Å²) in [6.07, 6.45) is 1.24. The molecular weight excluding hydrogens is 196 g/mol. The van der Waals surface area contributed by atoms with Crippen LogP contribution in [0.25, 0.3) is 0 Å². The Hall–Kier alpha value is -1.32. The first kappa shape index (κ1) is 11.8. The molecule has 0 aromatic rings. The molecular formula is C11H16O4. The van der Waals surface area contributed by atoms with E-state index in [1.165, 1.54) is 0 Å². The number of carbonyl (C=O) groups is 2. The van der Waals surface area contributed by atoms with Gasteiger partial charge in [-0.15, -0.1) is 0 Å². The minimum Gasteiger partial charge on any atom is -0.461 e. The van der Waals surface area contributed by atoms with Crippen molar-refractivity contribution in [2.45, 2.75) is 33.8 Å². The van der Waals surface area contributed by atoms with Crippen LogP contribution in [0.1, 0.15) is 27.7 Å². The Bertz CT molecular complexity index is 309. The minimum absolute atomic E-state index is 0.0964. The zero-order chi connectivity index (χ0) is 11.6. The molecule has 1 unspecified atom stereocenters. The number of rotatable bonds is 2. The van der Waals surface area contributed by atoms with E-state index < -0.39 is 11.5 Å². The van der Waals surface area contributed by atoms with Gasteiger partial charge in [-0.05, 0) is 33.8 Å². The molecule has 0 N–H and O–H groups in total. The van der Waals surface area contributed by atoms with Gasteiger partial charge in [0.05, 0.1) is 5.41 Å². The van der Waals surface area contributed by atoms with Gasteiger partial charge in [-0.25, -0.2) is 4.79 Å². The summed E-state index contributed by atoms with van der Waals surface area (Å²) < 4.78 is 9.95. The van der Waals surface area contributed by atoms with E-state index in [-0.39, 0.29) is 18.5 Å². The fourth-order valence-corrected chi connectivity index (χ4v) is 1.07. The van der Waals surface area contributed by atoms with E-state index in [1.807, 2.05) is 0 Å². The number of cyclic esters (lactones) is 1. The highest BCUT2D eigenvalue weighted by Crippen LogP contribution is 2.17. The Labute approximate surface area is 89.2 Å². The maximum absolute atomic E-state index is 11.4. The van der Waals surface area contributed by atoms with E-state index in [9.17, 15) is 9.59 Å². The molecule has 0 saturated heterocycles. The lowest BCUT2D eigenvalue weighted by atomic mass is 9.97. The third kappa shape index (κ3) is 3.08. The molecule has 1 heterocycles. The van der Waals surface area contributed by atoms with Crippen molar-refractivity contribution in [1.29, 1.82) is 0 Å². The maximum atomic E-state index is 11.4. The number of hydrogen-bond donors (Lipinski definition) is 0. The van der Waals surface area contributed by atoms with Crippen LogP contribution >= 0.6 is 0 Å². The van der Waals surface area contributed by atoms with Crippen molar-refractivity contribution in [2.75, 3.05) is 6.61 Å². The molecule has 0 amide bonds. The predicted molar refractivity (Wildman–Crippen MR) is 54.1 cm³/mol. The van der Waals surface area contributed by atoms with Gasteiger partial charge in [0.15, 0.2) is 6.10 Å². The molecule has 1 aliphatic heterocycles. The molecule has 4 heteroatoms. The smallest absolute Gasteiger partial charge is 0.334 e. The highest BCUT2D eigenvalue weighted by Gasteiger charge is 2.27. The highest BCUT2D eigenvalue weighted by atomic mass is 16.6. The standard InChI is InChI=1S/C11H16O4/c1-7-5-8(15-9(7)12)6-14-10(13)11(2,3)4/h5,8H,6H2,1-4H3. The van der Waals surface area contributed by atoms with Gasteiger partial charge in [-0.2, -0.15) is 0 Å². The van der Waals surface area contributed by atoms with E-state index in [0.717, 1.165) is 0 Å². The van der Waals surface area contributed by atoms with Crippen molar-refractivity contribution >= 4 is 11.9 Å². The van der Waals surface area contributed by atoms with Gasteiger partial charge >= 0.3 is 11.9 Å². The zero-order valence-electron chi connectivity index (χ0n) is 9.49. The second kappa shape index (κ2) is 4.04. The van der Waals surface area contributed by atoms with E-state index in [1.54, 1.807) is 33.8 Å². The SMILES string of the molecule is CC1=CC(COC(=O)C(C)(C)C)OC1=O. The van der Waals surface area contributed by atoms with Crippen LogP contribution in [-0.2, 0) is 19.1 Å². The van der Waals surface area contributed by atoms with Gasteiger partial charge in [-0.3, -0.25) is 4.79 Å². The minimum atomic E-state index is -0.526. The molecule has 0 saturated carbocycles.